The molecule has 1 aliphatic rings. The maximum atomic E-state index is 12.8. The molecule has 0 heterocycles. The Hall–Kier alpha value is -2.66. The van der Waals surface area contributed by atoms with Gasteiger partial charge in [0, 0.05) is 36.9 Å². The first kappa shape index (κ1) is 22.0. The van der Waals surface area contributed by atoms with Crippen LogP contribution in [0.3, 0.4) is 0 Å². The highest BCUT2D eigenvalue weighted by molar-refractivity contribution is 5.97. The molecule has 30 heavy (non-hydrogen) atoms. The summed E-state index contributed by atoms with van der Waals surface area (Å²) in [4.78, 5) is 29.5. The second-order valence-corrected chi connectivity index (χ2v) is 8.08. The minimum absolute atomic E-state index is 0.0100. The average molecular weight is 408 g/mol. The van der Waals surface area contributed by atoms with Gasteiger partial charge in [-0.2, -0.15) is 0 Å². The van der Waals surface area contributed by atoms with E-state index in [0.29, 0.717) is 42.8 Å². The van der Waals surface area contributed by atoms with Crippen molar-refractivity contribution in [2.24, 2.45) is 5.92 Å². The molecule has 1 N–H and O–H groups in total. The topological polar surface area (TPSA) is 52.7 Å². The van der Waals surface area contributed by atoms with E-state index in [1.54, 1.807) is 17.0 Å². The van der Waals surface area contributed by atoms with Crippen LogP contribution in [0.25, 0.3) is 0 Å². The molecule has 5 heteroatoms. The maximum Gasteiger partial charge on any atom is 0.253 e. The van der Waals surface area contributed by atoms with Gasteiger partial charge in [0.1, 0.15) is 0 Å². The summed E-state index contributed by atoms with van der Waals surface area (Å²) in [5.41, 5.74) is 2.48. The Bertz CT molecular complexity index is 844. The molecule has 2 aromatic rings. The van der Waals surface area contributed by atoms with E-state index in [-0.39, 0.29) is 11.8 Å². The Morgan fingerprint density at radius 1 is 1.03 bits per heavy atom. The summed E-state index contributed by atoms with van der Waals surface area (Å²) in [6.45, 7) is 8.58. The number of nitrogens with one attached hydrogen (secondary N) is 1. The van der Waals surface area contributed by atoms with Crippen LogP contribution >= 0.6 is 0 Å². The number of hydrogen-bond donors (Lipinski definition) is 1. The molecule has 2 aromatic carbocycles. The molecule has 0 aliphatic heterocycles. The lowest BCUT2D eigenvalue weighted by atomic mass is 10.1. The van der Waals surface area contributed by atoms with E-state index in [1.165, 1.54) is 18.4 Å². The molecule has 1 fully saturated rings. The third-order valence-electron chi connectivity index (χ3n) is 5.90. The zero-order chi connectivity index (χ0) is 21.5. The Balaban J connectivity index is 1.66. The summed E-state index contributed by atoms with van der Waals surface area (Å²) in [7, 11) is 0. The number of carbonyl (C=O) groups excluding carboxylic acids is 2. The van der Waals surface area contributed by atoms with Crippen molar-refractivity contribution in [2.75, 3.05) is 25.0 Å². The molecular weight excluding hydrogens is 374 g/mol. The lowest BCUT2D eigenvalue weighted by molar-refractivity contribution is -0.118. The van der Waals surface area contributed by atoms with Crippen molar-refractivity contribution < 1.29 is 9.59 Å². The van der Waals surface area contributed by atoms with Crippen molar-refractivity contribution in [3.05, 3.63) is 65.7 Å². The molecule has 0 saturated heterocycles. The van der Waals surface area contributed by atoms with E-state index >= 15 is 0 Å². The first-order valence-corrected chi connectivity index (χ1v) is 11.0. The minimum Gasteiger partial charge on any atom is -0.339 e. The molecule has 1 saturated carbocycles. The van der Waals surface area contributed by atoms with Crippen LogP contribution in [-0.2, 0) is 11.3 Å². The molecule has 1 atom stereocenters. The summed E-state index contributed by atoms with van der Waals surface area (Å²) < 4.78 is 0. The van der Waals surface area contributed by atoms with Crippen LogP contribution in [-0.4, -0.2) is 47.3 Å². The second kappa shape index (κ2) is 10.4. The predicted octanol–water partition coefficient (Wildman–Crippen LogP) is 4.41. The van der Waals surface area contributed by atoms with Crippen LogP contribution < -0.4 is 5.32 Å². The first-order valence-electron chi connectivity index (χ1n) is 11.0. The number of amides is 2. The van der Waals surface area contributed by atoms with Gasteiger partial charge in [-0.1, -0.05) is 36.4 Å². The summed E-state index contributed by atoms with van der Waals surface area (Å²) in [5, 5.41) is 2.99. The molecule has 1 aliphatic carbocycles. The van der Waals surface area contributed by atoms with Gasteiger partial charge in [-0.15, -0.1) is 0 Å². The van der Waals surface area contributed by atoms with Gasteiger partial charge in [0.05, 0.1) is 6.54 Å². The van der Waals surface area contributed by atoms with Gasteiger partial charge in [0.2, 0.25) is 5.91 Å². The molecule has 0 spiro atoms. The Kier molecular flexibility index (Phi) is 7.63. The van der Waals surface area contributed by atoms with Gasteiger partial charge < -0.3 is 10.2 Å². The summed E-state index contributed by atoms with van der Waals surface area (Å²) in [6, 6.07) is 17.9. The van der Waals surface area contributed by atoms with Crippen molar-refractivity contribution in [3.63, 3.8) is 0 Å². The number of hydrogen-bond acceptors (Lipinski definition) is 3. The highest BCUT2D eigenvalue weighted by Gasteiger charge is 2.32. The molecule has 160 valence electrons. The Morgan fingerprint density at radius 2 is 1.73 bits per heavy atom. The Morgan fingerprint density at radius 3 is 2.37 bits per heavy atom. The molecule has 2 amide bonds. The van der Waals surface area contributed by atoms with Gasteiger partial charge >= 0.3 is 0 Å². The number of rotatable bonds is 10. The van der Waals surface area contributed by atoms with E-state index in [4.69, 9.17) is 0 Å². The number of nitrogens with zero attached hydrogens (tertiary/aromatic N) is 2. The molecule has 0 radical (unpaired) electrons. The van der Waals surface area contributed by atoms with Crippen LogP contribution in [0, 0.1) is 5.92 Å². The molecule has 0 aromatic heterocycles. The van der Waals surface area contributed by atoms with Gasteiger partial charge in [-0.05, 0) is 63.3 Å². The monoisotopic (exact) mass is 407 g/mol. The van der Waals surface area contributed by atoms with Crippen LogP contribution in [0.1, 0.15) is 49.5 Å². The fourth-order valence-electron chi connectivity index (χ4n) is 3.85. The Labute approximate surface area is 180 Å². The van der Waals surface area contributed by atoms with E-state index < -0.39 is 0 Å². The van der Waals surface area contributed by atoms with E-state index in [1.807, 2.05) is 44.2 Å². The van der Waals surface area contributed by atoms with E-state index in [2.05, 4.69) is 29.3 Å². The van der Waals surface area contributed by atoms with Crippen molar-refractivity contribution in [3.8, 4) is 0 Å². The van der Waals surface area contributed by atoms with Crippen LogP contribution in [0.2, 0.25) is 0 Å². The second-order valence-electron chi connectivity index (χ2n) is 8.08. The molecule has 3 rings (SSSR count). The van der Waals surface area contributed by atoms with Gasteiger partial charge in [0.25, 0.3) is 5.91 Å². The zero-order valence-electron chi connectivity index (χ0n) is 18.3. The predicted molar refractivity (Wildman–Crippen MR) is 121 cm³/mol. The SMILES string of the molecule is CCN(CC)C(=O)c1cccc(NC(=O)CN(Cc2ccccc2)[C@@H](C)C2CC2)c1. The molecular formula is C25H33N3O2. The van der Waals surface area contributed by atoms with Gasteiger partial charge in [-0.3, -0.25) is 14.5 Å². The quantitative estimate of drug-likeness (QED) is 0.635. The summed E-state index contributed by atoms with van der Waals surface area (Å²) in [5.74, 6) is 0.617. The smallest absolute Gasteiger partial charge is 0.253 e. The van der Waals surface area contributed by atoms with Crippen molar-refractivity contribution in [1.82, 2.24) is 9.80 Å². The fraction of sp³-hybridized carbons (Fsp3) is 0.440. The van der Waals surface area contributed by atoms with Crippen LogP contribution in [0.15, 0.2) is 54.6 Å². The largest absolute Gasteiger partial charge is 0.339 e. The first-order chi connectivity index (χ1) is 14.5. The van der Waals surface area contributed by atoms with Crippen molar-refractivity contribution >= 4 is 17.5 Å². The van der Waals surface area contributed by atoms with Gasteiger partial charge in [0.15, 0.2) is 0 Å². The summed E-state index contributed by atoms with van der Waals surface area (Å²) >= 11 is 0. The highest BCUT2D eigenvalue weighted by Crippen LogP contribution is 2.35. The number of benzene rings is 2. The number of carbonyl (C=O) groups is 2. The van der Waals surface area contributed by atoms with Gasteiger partial charge in [-0.25, -0.2) is 0 Å². The third kappa shape index (κ3) is 5.92. The molecule has 5 nitrogen and oxygen atoms in total. The molecule has 0 unspecified atom stereocenters. The zero-order valence-corrected chi connectivity index (χ0v) is 18.3. The maximum absolute atomic E-state index is 12.8. The van der Waals surface area contributed by atoms with Crippen LogP contribution in [0.5, 0.6) is 0 Å². The van der Waals surface area contributed by atoms with Crippen LogP contribution in [0.4, 0.5) is 5.69 Å². The molecule has 0 bridgehead atoms. The van der Waals surface area contributed by atoms with Crippen molar-refractivity contribution in [1.29, 1.82) is 0 Å². The van der Waals surface area contributed by atoms with E-state index in [9.17, 15) is 9.59 Å². The lowest BCUT2D eigenvalue weighted by Crippen LogP contribution is -2.40. The lowest BCUT2D eigenvalue weighted by Gasteiger charge is -2.28. The minimum atomic E-state index is -0.0501. The van der Waals surface area contributed by atoms with E-state index in [0.717, 1.165) is 6.54 Å². The average Bonchev–Trinajstić information content (AvgIpc) is 3.60. The van der Waals surface area contributed by atoms with Crippen molar-refractivity contribution in [2.45, 2.75) is 46.2 Å². The highest BCUT2D eigenvalue weighted by atomic mass is 16.2. The normalized spacial score (nSPS) is 14.4. The fourth-order valence-corrected chi connectivity index (χ4v) is 3.85. The summed E-state index contributed by atoms with van der Waals surface area (Å²) in [6.07, 6.45) is 2.48. The standard InChI is InChI=1S/C25H33N3O2/c1-4-27(5-2)25(30)22-12-9-13-23(16-22)26-24(29)18-28(19(3)21-14-15-21)17-20-10-7-6-8-11-20/h6-13,16,19,21H,4-5,14-15,17-18H2,1-3H3,(H,26,29)/t19-/m0/s1. The third-order valence-corrected chi connectivity index (χ3v) is 5.90. The number of anilines is 1.